The number of fused-ring (bicyclic) bond motifs is 1. The molecule has 162 valence electrons. The third-order valence-electron chi connectivity index (χ3n) is 5.33. The summed E-state index contributed by atoms with van der Waals surface area (Å²) in [6.07, 6.45) is 3.13. The van der Waals surface area contributed by atoms with Crippen molar-refractivity contribution in [3.63, 3.8) is 0 Å². The molecule has 0 bridgehead atoms. The van der Waals surface area contributed by atoms with Crippen LogP contribution in [0.2, 0.25) is 0 Å². The third-order valence-corrected chi connectivity index (χ3v) is 5.33. The molecule has 9 heteroatoms. The molecule has 4 aromatic rings. The van der Waals surface area contributed by atoms with Crippen molar-refractivity contribution >= 4 is 23.3 Å². The first-order chi connectivity index (χ1) is 15.4. The van der Waals surface area contributed by atoms with E-state index in [-0.39, 0.29) is 5.69 Å². The molecule has 0 unspecified atom stereocenters. The Kier molecular flexibility index (Phi) is 5.52. The highest BCUT2D eigenvalue weighted by Gasteiger charge is 2.21. The van der Waals surface area contributed by atoms with E-state index in [1.807, 2.05) is 39.0 Å². The minimum atomic E-state index is -0.706. The quantitative estimate of drug-likeness (QED) is 0.468. The summed E-state index contributed by atoms with van der Waals surface area (Å²) in [6, 6.07) is 11.2. The Morgan fingerprint density at radius 2 is 2.03 bits per heavy atom. The fraction of sp³-hybridized carbons (Fsp3) is 0.217. The van der Waals surface area contributed by atoms with Gasteiger partial charge in [0.15, 0.2) is 12.3 Å². The molecule has 0 fully saturated rings. The van der Waals surface area contributed by atoms with Crippen molar-refractivity contribution in [1.82, 2.24) is 14.0 Å². The van der Waals surface area contributed by atoms with Crippen molar-refractivity contribution in [3.05, 3.63) is 76.8 Å². The van der Waals surface area contributed by atoms with Crippen molar-refractivity contribution in [2.45, 2.75) is 27.3 Å². The second-order valence-electron chi connectivity index (χ2n) is 7.36. The zero-order valence-electron chi connectivity index (χ0n) is 17.9. The predicted molar refractivity (Wildman–Crippen MR) is 115 cm³/mol. The summed E-state index contributed by atoms with van der Waals surface area (Å²) in [5, 5.41) is 12.3. The molecule has 0 saturated carbocycles. The number of amides is 1. The van der Waals surface area contributed by atoms with Gasteiger partial charge in [0.2, 0.25) is 0 Å². The summed E-state index contributed by atoms with van der Waals surface area (Å²) in [6.45, 7) is 5.40. The normalized spacial score (nSPS) is 10.8. The molecule has 4 rings (SSSR count). The monoisotopic (exact) mass is 431 g/mol. The molecule has 0 radical (unpaired) electrons. The van der Waals surface area contributed by atoms with Gasteiger partial charge in [0, 0.05) is 17.6 Å². The number of furan rings is 1. The van der Waals surface area contributed by atoms with Gasteiger partial charge in [-0.15, -0.1) is 0 Å². The van der Waals surface area contributed by atoms with Gasteiger partial charge in [-0.25, -0.2) is 9.78 Å². The van der Waals surface area contributed by atoms with Gasteiger partial charge >= 0.3 is 5.97 Å². The van der Waals surface area contributed by atoms with Crippen molar-refractivity contribution in [2.24, 2.45) is 0 Å². The SMILES string of the molecule is Cc1c(C#N)c(NC(=O)COC(=O)c2cn3c(C)cccc3n2)n(Cc2ccco2)c1C. The van der Waals surface area contributed by atoms with Crippen molar-refractivity contribution in [2.75, 3.05) is 11.9 Å². The molecule has 0 aromatic carbocycles. The number of anilines is 1. The molecule has 1 amide bonds. The predicted octanol–water partition coefficient (Wildman–Crippen LogP) is 3.37. The largest absolute Gasteiger partial charge is 0.467 e. The minimum Gasteiger partial charge on any atom is -0.467 e. The Hall–Kier alpha value is -4.32. The van der Waals surface area contributed by atoms with Crippen LogP contribution >= 0.6 is 0 Å². The van der Waals surface area contributed by atoms with Crippen LogP contribution in [0.25, 0.3) is 5.65 Å². The van der Waals surface area contributed by atoms with Crippen molar-refractivity contribution in [1.29, 1.82) is 5.26 Å². The summed E-state index contributed by atoms with van der Waals surface area (Å²) >= 11 is 0. The van der Waals surface area contributed by atoms with E-state index < -0.39 is 18.5 Å². The van der Waals surface area contributed by atoms with Crippen LogP contribution in [0, 0.1) is 32.1 Å². The minimum absolute atomic E-state index is 0.109. The maximum atomic E-state index is 12.6. The Balaban J connectivity index is 1.49. The van der Waals surface area contributed by atoms with Crippen LogP contribution in [-0.4, -0.2) is 32.4 Å². The van der Waals surface area contributed by atoms with E-state index in [0.29, 0.717) is 29.3 Å². The lowest BCUT2D eigenvalue weighted by Gasteiger charge is -2.12. The van der Waals surface area contributed by atoms with Gasteiger partial charge in [-0.1, -0.05) is 6.07 Å². The van der Waals surface area contributed by atoms with Crippen LogP contribution in [0.5, 0.6) is 0 Å². The lowest BCUT2D eigenvalue weighted by atomic mass is 10.2. The number of ether oxygens (including phenoxy) is 1. The van der Waals surface area contributed by atoms with E-state index in [4.69, 9.17) is 9.15 Å². The first-order valence-corrected chi connectivity index (χ1v) is 9.93. The molecule has 0 atom stereocenters. The number of aromatic nitrogens is 3. The summed E-state index contributed by atoms with van der Waals surface area (Å²) in [4.78, 5) is 29.2. The molecular weight excluding hydrogens is 410 g/mol. The average molecular weight is 431 g/mol. The number of pyridine rings is 1. The number of rotatable bonds is 6. The van der Waals surface area contributed by atoms with E-state index in [1.165, 1.54) is 0 Å². The summed E-state index contributed by atoms with van der Waals surface area (Å²) < 4.78 is 14.1. The van der Waals surface area contributed by atoms with Gasteiger partial charge in [0.05, 0.1) is 18.4 Å². The Morgan fingerprint density at radius 1 is 1.22 bits per heavy atom. The molecule has 9 nitrogen and oxygen atoms in total. The number of carbonyl (C=O) groups excluding carboxylic acids is 2. The van der Waals surface area contributed by atoms with Crippen LogP contribution in [-0.2, 0) is 16.1 Å². The van der Waals surface area contributed by atoms with E-state index in [2.05, 4.69) is 16.4 Å². The second-order valence-corrected chi connectivity index (χ2v) is 7.36. The molecule has 4 heterocycles. The lowest BCUT2D eigenvalue weighted by Crippen LogP contribution is -2.23. The van der Waals surface area contributed by atoms with Crippen LogP contribution < -0.4 is 5.32 Å². The van der Waals surface area contributed by atoms with E-state index in [1.54, 1.807) is 33.6 Å². The van der Waals surface area contributed by atoms with Crippen molar-refractivity contribution < 1.29 is 18.7 Å². The van der Waals surface area contributed by atoms with Gasteiger partial charge in [0.25, 0.3) is 5.91 Å². The molecular formula is C23H21N5O4. The number of nitriles is 1. The smallest absolute Gasteiger partial charge is 0.359 e. The fourth-order valence-electron chi connectivity index (χ4n) is 3.51. The highest BCUT2D eigenvalue weighted by molar-refractivity contribution is 5.95. The molecule has 0 saturated heterocycles. The molecule has 32 heavy (non-hydrogen) atoms. The summed E-state index contributed by atoms with van der Waals surface area (Å²) in [5.41, 5.74) is 3.57. The number of esters is 1. The van der Waals surface area contributed by atoms with Gasteiger partial charge in [-0.2, -0.15) is 5.26 Å². The first kappa shape index (κ1) is 20.9. The highest BCUT2D eigenvalue weighted by Crippen LogP contribution is 2.27. The van der Waals surface area contributed by atoms with E-state index >= 15 is 0 Å². The fourth-order valence-corrected chi connectivity index (χ4v) is 3.51. The van der Waals surface area contributed by atoms with E-state index in [9.17, 15) is 14.9 Å². The molecule has 1 N–H and O–H groups in total. The number of aryl methyl sites for hydroxylation is 1. The number of carbonyl (C=O) groups is 2. The number of hydrogen-bond acceptors (Lipinski definition) is 6. The van der Waals surface area contributed by atoms with Crippen LogP contribution in [0.1, 0.15) is 38.8 Å². The number of nitrogens with one attached hydrogen (secondary N) is 1. The average Bonchev–Trinajstić information content (AvgIpc) is 3.49. The number of imidazole rings is 1. The molecule has 0 aliphatic heterocycles. The summed E-state index contributed by atoms with van der Waals surface area (Å²) in [5.74, 6) is -0.255. The van der Waals surface area contributed by atoms with Gasteiger partial charge in [-0.05, 0) is 50.6 Å². The Bertz CT molecular complexity index is 1360. The van der Waals surface area contributed by atoms with Crippen LogP contribution in [0.15, 0.2) is 47.2 Å². The second kappa shape index (κ2) is 8.43. The Labute approximate surface area is 183 Å². The first-order valence-electron chi connectivity index (χ1n) is 9.93. The third kappa shape index (κ3) is 3.86. The van der Waals surface area contributed by atoms with E-state index in [0.717, 1.165) is 17.0 Å². The van der Waals surface area contributed by atoms with Gasteiger partial charge in [0.1, 0.15) is 23.3 Å². The van der Waals surface area contributed by atoms with Crippen molar-refractivity contribution in [3.8, 4) is 6.07 Å². The number of nitrogens with zero attached hydrogens (tertiary/aromatic N) is 4. The zero-order chi connectivity index (χ0) is 22.8. The maximum Gasteiger partial charge on any atom is 0.359 e. The maximum absolute atomic E-state index is 12.6. The molecule has 0 spiro atoms. The molecule has 0 aliphatic carbocycles. The highest BCUT2D eigenvalue weighted by atomic mass is 16.5. The van der Waals surface area contributed by atoms with Gasteiger partial charge < -0.3 is 23.4 Å². The van der Waals surface area contributed by atoms with Crippen LogP contribution in [0.3, 0.4) is 0 Å². The van der Waals surface area contributed by atoms with Gasteiger partial charge in [-0.3, -0.25) is 4.79 Å². The molecule has 4 aromatic heterocycles. The topological polar surface area (TPSA) is 115 Å². The standard InChI is InChI=1S/C23H21N5O4/c1-14-6-4-8-20-25-19(12-27(14)20)23(30)32-13-21(29)26-22-18(10-24)15(2)16(3)28(22)11-17-7-5-9-31-17/h4-9,12H,11,13H2,1-3H3,(H,26,29). The lowest BCUT2D eigenvalue weighted by molar-refractivity contribution is -0.119. The number of hydrogen-bond donors (Lipinski definition) is 1. The Morgan fingerprint density at radius 3 is 2.72 bits per heavy atom. The summed E-state index contributed by atoms with van der Waals surface area (Å²) in [7, 11) is 0. The van der Waals surface area contributed by atoms with Crippen LogP contribution in [0.4, 0.5) is 5.82 Å². The molecule has 0 aliphatic rings. The zero-order valence-corrected chi connectivity index (χ0v) is 17.9.